The molecule has 17 heavy (non-hydrogen) atoms. The lowest BCUT2D eigenvalue weighted by molar-refractivity contribution is 0.411. The van der Waals surface area contributed by atoms with Crippen LogP contribution in [-0.4, -0.2) is 25.9 Å². The Morgan fingerprint density at radius 2 is 2.06 bits per heavy atom. The van der Waals surface area contributed by atoms with Crippen molar-refractivity contribution < 1.29 is 10.2 Å². The number of aromatic hydroxyl groups is 2. The Labute approximate surface area is 103 Å². The second kappa shape index (κ2) is 6.59. The Hall–Kier alpha value is -1.95. The maximum atomic E-state index is 9.18. The van der Waals surface area contributed by atoms with Crippen molar-refractivity contribution in [2.75, 3.05) is 5.75 Å². The Bertz CT molecular complexity index is 438. The number of allylic oxidation sites excluding steroid dienone is 3. The van der Waals surface area contributed by atoms with Crippen LogP contribution in [0, 0.1) is 0 Å². The highest BCUT2D eigenvalue weighted by Crippen LogP contribution is 2.22. The van der Waals surface area contributed by atoms with E-state index < -0.39 is 0 Å². The van der Waals surface area contributed by atoms with Crippen LogP contribution in [0.3, 0.4) is 0 Å². The molecule has 0 fully saturated rings. The molecule has 0 atom stereocenters. The monoisotopic (exact) mass is 251 g/mol. The van der Waals surface area contributed by atoms with Crippen molar-refractivity contribution in [2.24, 2.45) is 5.73 Å². The summed E-state index contributed by atoms with van der Waals surface area (Å²) in [5, 5.41) is 18.6. The predicted octanol–water partition coefficient (Wildman–Crippen LogP) is 1.56. The van der Waals surface area contributed by atoms with Crippen LogP contribution in [-0.2, 0) is 0 Å². The molecule has 5 nitrogen and oxygen atoms in total. The average molecular weight is 251 g/mol. The van der Waals surface area contributed by atoms with E-state index in [1.165, 1.54) is 18.0 Å². The van der Waals surface area contributed by atoms with Crippen molar-refractivity contribution >= 4 is 11.8 Å². The van der Waals surface area contributed by atoms with Crippen molar-refractivity contribution in [3.05, 3.63) is 42.6 Å². The maximum Gasteiger partial charge on any atom is 0.218 e. The zero-order valence-electron chi connectivity index (χ0n) is 9.08. The Morgan fingerprint density at radius 1 is 1.41 bits per heavy atom. The number of thioether (sulfide) groups is 1. The van der Waals surface area contributed by atoms with Gasteiger partial charge in [0.1, 0.15) is 0 Å². The number of nitrogens with zero attached hydrogens (tertiary/aromatic N) is 2. The summed E-state index contributed by atoms with van der Waals surface area (Å²) in [6.07, 6.45) is 6.61. The maximum absolute atomic E-state index is 9.18. The molecule has 0 aliphatic heterocycles. The first-order valence-corrected chi connectivity index (χ1v) is 5.74. The molecule has 1 aromatic rings. The molecule has 1 aromatic heterocycles. The molecule has 1 heterocycles. The number of nitrogens with two attached hydrogens (primary N) is 1. The van der Waals surface area contributed by atoms with Gasteiger partial charge in [0.05, 0.1) is 6.07 Å². The van der Waals surface area contributed by atoms with Crippen LogP contribution in [0.2, 0.25) is 0 Å². The van der Waals surface area contributed by atoms with E-state index in [-0.39, 0.29) is 11.8 Å². The molecular weight excluding hydrogens is 238 g/mol. The van der Waals surface area contributed by atoms with E-state index in [0.717, 1.165) is 11.6 Å². The fraction of sp³-hybridized carbons (Fsp3) is 0.0909. The molecule has 0 aromatic carbocycles. The fourth-order valence-corrected chi connectivity index (χ4v) is 1.84. The van der Waals surface area contributed by atoms with E-state index in [4.69, 9.17) is 5.73 Å². The first-order chi connectivity index (χ1) is 8.15. The molecule has 0 saturated heterocycles. The van der Waals surface area contributed by atoms with Gasteiger partial charge in [0.15, 0.2) is 5.16 Å². The van der Waals surface area contributed by atoms with Gasteiger partial charge in [-0.05, 0) is 17.8 Å². The molecule has 0 unspecified atom stereocenters. The third-order valence-corrected chi connectivity index (χ3v) is 2.61. The fourth-order valence-electron chi connectivity index (χ4n) is 1.04. The lowest BCUT2D eigenvalue weighted by Gasteiger charge is -2.02. The third kappa shape index (κ3) is 4.60. The van der Waals surface area contributed by atoms with Gasteiger partial charge in [-0.15, -0.1) is 0 Å². The normalized spacial score (nSPS) is 11.9. The minimum atomic E-state index is -0.261. The highest BCUT2D eigenvalue weighted by molar-refractivity contribution is 7.99. The predicted molar refractivity (Wildman–Crippen MR) is 67.7 cm³/mol. The van der Waals surface area contributed by atoms with Gasteiger partial charge in [0.2, 0.25) is 11.8 Å². The van der Waals surface area contributed by atoms with Crippen LogP contribution in [0.25, 0.3) is 0 Å². The topological polar surface area (TPSA) is 92.3 Å². The zero-order chi connectivity index (χ0) is 12.7. The Morgan fingerprint density at radius 3 is 2.59 bits per heavy atom. The van der Waals surface area contributed by atoms with Gasteiger partial charge in [-0.3, -0.25) is 0 Å². The molecule has 0 spiro atoms. The van der Waals surface area contributed by atoms with Crippen molar-refractivity contribution in [2.45, 2.75) is 5.16 Å². The van der Waals surface area contributed by atoms with Crippen LogP contribution in [0.1, 0.15) is 0 Å². The van der Waals surface area contributed by atoms with Crippen molar-refractivity contribution in [1.82, 2.24) is 9.97 Å². The summed E-state index contributed by atoms with van der Waals surface area (Å²) in [5.41, 5.74) is 6.23. The first kappa shape index (κ1) is 13.1. The molecule has 1 rings (SSSR count). The quantitative estimate of drug-likeness (QED) is 0.418. The molecule has 0 saturated carbocycles. The Balaban J connectivity index is 2.71. The van der Waals surface area contributed by atoms with Gasteiger partial charge in [0, 0.05) is 5.75 Å². The molecule has 90 valence electrons. The van der Waals surface area contributed by atoms with Crippen LogP contribution in [0.5, 0.6) is 11.8 Å². The van der Waals surface area contributed by atoms with Gasteiger partial charge in [0.25, 0.3) is 0 Å². The van der Waals surface area contributed by atoms with Crippen molar-refractivity contribution in [3.8, 4) is 11.8 Å². The van der Waals surface area contributed by atoms with Crippen LogP contribution < -0.4 is 5.73 Å². The summed E-state index contributed by atoms with van der Waals surface area (Å²) in [5.74, 6) is 0.0371. The van der Waals surface area contributed by atoms with E-state index in [2.05, 4.69) is 16.5 Å². The highest BCUT2D eigenvalue weighted by atomic mass is 32.2. The molecular formula is C11H13N3O2S. The summed E-state index contributed by atoms with van der Waals surface area (Å²) in [6, 6.07) is 1.07. The summed E-state index contributed by atoms with van der Waals surface area (Å²) in [7, 11) is 0. The van der Waals surface area contributed by atoms with Gasteiger partial charge in [-0.25, -0.2) is 0 Å². The minimum Gasteiger partial charge on any atom is -0.493 e. The van der Waals surface area contributed by atoms with Gasteiger partial charge in [-0.1, -0.05) is 30.5 Å². The van der Waals surface area contributed by atoms with E-state index in [1.807, 2.05) is 0 Å². The largest absolute Gasteiger partial charge is 0.493 e. The highest BCUT2D eigenvalue weighted by Gasteiger charge is 2.04. The van der Waals surface area contributed by atoms with E-state index in [1.54, 1.807) is 18.2 Å². The smallest absolute Gasteiger partial charge is 0.218 e. The SMILES string of the molecule is C=C/C=C(\C=C/N)CSc1nc(O)cc(O)n1. The second-order valence-electron chi connectivity index (χ2n) is 2.99. The van der Waals surface area contributed by atoms with Crippen LogP contribution in [0.15, 0.2) is 47.8 Å². The molecule has 0 aliphatic carbocycles. The van der Waals surface area contributed by atoms with Gasteiger partial charge >= 0.3 is 0 Å². The molecule has 4 N–H and O–H groups in total. The van der Waals surface area contributed by atoms with E-state index >= 15 is 0 Å². The van der Waals surface area contributed by atoms with E-state index in [9.17, 15) is 10.2 Å². The molecule has 0 amide bonds. The Kier molecular flexibility index (Phi) is 5.09. The number of hydrogen-bond acceptors (Lipinski definition) is 6. The van der Waals surface area contributed by atoms with Crippen LogP contribution >= 0.6 is 11.8 Å². The summed E-state index contributed by atoms with van der Waals surface area (Å²) >= 11 is 1.27. The number of aromatic nitrogens is 2. The van der Waals surface area contributed by atoms with Gasteiger partial charge < -0.3 is 15.9 Å². The zero-order valence-corrected chi connectivity index (χ0v) is 9.89. The number of rotatable bonds is 5. The number of hydrogen-bond donors (Lipinski definition) is 3. The summed E-state index contributed by atoms with van der Waals surface area (Å²) in [4.78, 5) is 7.53. The van der Waals surface area contributed by atoms with E-state index in [0.29, 0.717) is 10.9 Å². The van der Waals surface area contributed by atoms with Crippen molar-refractivity contribution in [1.29, 1.82) is 0 Å². The molecule has 0 bridgehead atoms. The van der Waals surface area contributed by atoms with Gasteiger partial charge in [-0.2, -0.15) is 9.97 Å². The summed E-state index contributed by atoms with van der Waals surface area (Å²) < 4.78 is 0. The third-order valence-electron chi connectivity index (χ3n) is 1.69. The molecule has 6 heteroatoms. The van der Waals surface area contributed by atoms with Crippen LogP contribution in [0.4, 0.5) is 0 Å². The summed E-state index contributed by atoms with van der Waals surface area (Å²) in [6.45, 7) is 3.59. The minimum absolute atomic E-state index is 0.261. The lowest BCUT2D eigenvalue weighted by atomic mass is 10.3. The molecule has 0 aliphatic rings. The second-order valence-corrected chi connectivity index (χ2v) is 3.93. The molecule has 0 radical (unpaired) electrons. The average Bonchev–Trinajstić information content (AvgIpc) is 2.25. The van der Waals surface area contributed by atoms with Crippen molar-refractivity contribution in [3.63, 3.8) is 0 Å². The first-order valence-electron chi connectivity index (χ1n) is 4.75. The standard InChI is InChI=1S/C11H13N3O2S/c1-2-3-8(4-5-12)7-17-11-13-9(15)6-10(16)14-11/h2-6H,1,7,12H2,(H2,13,14,15,16)/b5-4-,8-3+. The lowest BCUT2D eigenvalue weighted by Crippen LogP contribution is -1.91.